The molecule has 0 saturated carbocycles. The van der Waals surface area contributed by atoms with Gasteiger partial charge >= 0.3 is 5.69 Å². The summed E-state index contributed by atoms with van der Waals surface area (Å²) in [4.78, 5) is 12.3. The van der Waals surface area contributed by atoms with Crippen LogP contribution in [0.3, 0.4) is 0 Å². The fourth-order valence-electron chi connectivity index (χ4n) is 2.76. The Hall–Kier alpha value is -3.20. The number of pyridine rings is 1. The molecule has 0 atom stereocenters. The molecule has 0 radical (unpaired) electrons. The van der Waals surface area contributed by atoms with Crippen LogP contribution < -0.4 is 20.9 Å². The van der Waals surface area contributed by atoms with E-state index in [0.29, 0.717) is 17.1 Å². The first-order valence-corrected chi connectivity index (χ1v) is 7.79. The van der Waals surface area contributed by atoms with Gasteiger partial charge in [0.25, 0.3) is 6.08 Å². The standard InChI is InChI=1S/C17H14F2N4O3/c18-16(19)12(7-20)8-23-17(24)22-4-3-11(6-15(22)21-23)10-1-2-13-14(5-10)26-9-25-13/h1-6H,7-9,20H2. The molecule has 2 aromatic heterocycles. The van der Waals surface area contributed by atoms with Gasteiger partial charge in [-0.15, -0.1) is 5.10 Å². The van der Waals surface area contributed by atoms with Gasteiger partial charge in [0.15, 0.2) is 17.1 Å². The molecule has 1 aromatic carbocycles. The highest BCUT2D eigenvalue weighted by atomic mass is 19.3. The molecule has 0 fully saturated rings. The maximum atomic E-state index is 12.8. The summed E-state index contributed by atoms with van der Waals surface area (Å²) in [6.07, 6.45) is -0.337. The lowest BCUT2D eigenvalue weighted by Crippen LogP contribution is -2.24. The highest BCUT2D eigenvalue weighted by Crippen LogP contribution is 2.35. The van der Waals surface area contributed by atoms with E-state index in [1.54, 1.807) is 24.4 Å². The molecule has 3 aromatic rings. The third-order valence-electron chi connectivity index (χ3n) is 4.14. The van der Waals surface area contributed by atoms with Crippen molar-refractivity contribution in [1.29, 1.82) is 0 Å². The first-order valence-electron chi connectivity index (χ1n) is 7.79. The van der Waals surface area contributed by atoms with E-state index in [9.17, 15) is 13.6 Å². The largest absolute Gasteiger partial charge is 0.454 e. The Morgan fingerprint density at radius 3 is 2.69 bits per heavy atom. The fraction of sp³-hybridized carbons (Fsp3) is 0.176. The van der Waals surface area contributed by atoms with Crippen molar-refractivity contribution in [3.05, 3.63) is 58.7 Å². The topological polar surface area (TPSA) is 83.8 Å². The minimum atomic E-state index is -1.89. The molecule has 0 unspecified atom stereocenters. The molecule has 0 saturated heterocycles. The summed E-state index contributed by atoms with van der Waals surface area (Å²) in [6, 6.07) is 8.94. The van der Waals surface area contributed by atoms with Crippen LogP contribution in [0.1, 0.15) is 0 Å². The highest BCUT2D eigenvalue weighted by molar-refractivity contribution is 5.70. The summed E-state index contributed by atoms with van der Waals surface area (Å²) >= 11 is 0. The number of hydrogen-bond acceptors (Lipinski definition) is 5. The molecule has 4 rings (SSSR count). The van der Waals surface area contributed by atoms with Gasteiger partial charge in [-0.25, -0.2) is 9.48 Å². The van der Waals surface area contributed by atoms with Crippen molar-refractivity contribution in [2.75, 3.05) is 13.3 Å². The van der Waals surface area contributed by atoms with Crippen molar-refractivity contribution in [1.82, 2.24) is 14.2 Å². The van der Waals surface area contributed by atoms with Crippen LogP contribution in [0.2, 0.25) is 0 Å². The zero-order valence-electron chi connectivity index (χ0n) is 13.5. The molecule has 1 aliphatic heterocycles. The van der Waals surface area contributed by atoms with Crippen molar-refractivity contribution in [2.45, 2.75) is 6.54 Å². The van der Waals surface area contributed by atoms with Crippen molar-refractivity contribution in [2.24, 2.45) is 5.73 Å². The molecule has 0 bridgehead atoms. The summed E-state index contributed by atoms with van der Waals surface area (Å²) < 4.78 is 38.5. The van der Waals surface area contributed by atoms with Crippen LogP contribution in [0.25, 0.3) is 16.8 Å². The molecule has 9 heteroatoms. The maximum Gasteiger partial charge on any atom is 0.350 e. The summed E-state index contributed by atoms with van der Waals surface area (Å²) in [7, 11) is 0. The van der Waals surface area contributed by atoms with Gasteiger partial charge in [0.2, 0.25) is 6.79 Å². The van der Waals surface area contributed by atoms with Crippen LogP contribution in [-0.4, -0.2) is 27.5 Å². The van der Waals surface area contributed by atoms with Crippen molar-refractivity contribution >= 4 is 5.65 Å². The van der Waals surface area contributed by atoms with Crippen LogP contribution in [0.4, 0.5) is 8.78 Å². The first-order chi connectivity index (χ1) is 12.6. The Morgan fingerprint density at radius 1 is 1.15 bits per heavy atom. The molecule has 26 heavy (non-hydrogen) atoms. The molecule has 7 nitrogen and oxygen atoms in total. The van der Waals surface area contributed by atoms with E-state index in [0.717, 1.165) is 15.8 Å². The quantitative estimate of drug-likeness (QED) is 0.769. The Bertz CT molecular complexity index is 1080. The van der Waals surface area contributed by atoms with Crippen molar-refractivity contribution in [3.63, 3.8) is 0 Å². The van der Waals surface area contributed by atoms with Gasteiger partial charge in [-0.1, -0.05) is 6.07 Å². The number of halogens is 2. The maximum absolute atomic E-state index is 12.8. The minimum Gasteiger partial charge on any atom is -0.454 e. The SMILES string of the molecule is NCC(Cn1nc2cc(-c3ccc4c(c3)OCO4)ccn2c1=O)=C(F)F. The molecular formula is C17H14F2N4O3. The smallest absolute Gasteiger partial charge is 0.350 e. The summed E-state index contributed by atoms with van der Waals surface area (Å²) in [6.45, 7) is -0.510. The van der Waals surface area contributed by atoms with Crippen molar-refractivity contribution < 1.29 is 18.3 Å². The second-order valence-corrected chi connectivity index (χ2v) is 5.72. The lowest BCUT2D eigenvalue weighted by Gasteiger charge is -2.03. The number of nitrogens with two attached hydrogens (primary N) is 1. The summed E-state index contributed by atoms with van der Waals surface area (Å²) in [5.74, 6) is 1.31. The van der Waals surface area contributed by atoms with E-state index in [2.05, 4.69) is 5.10 Å². The van der Waals surface area contributed by atoms with E-state index in [1.807, 2.05) is 12.1 Å². The Balaban J connectivity index is 1.74. The summed E-state index contributed by atoms with van der Waals surface area (Å²) in [5.41, 5.74) is 6.47. The number of aromatic nitrogens is 3. The highest BCUT2D eigenvalue weighted by Gasteiger charge is 2.15. The molecule has 0 aliphatic carbocycles. The molecule has 134 valence electrons. The van der Waals surface area contributed by atoms with Gasteiger partial charge in [0.1, 0.15) is 0 Å². The number of fused-ring (bicyclic) bond motifs is 2. The van der Waals surface area contributed by atoms with Crippen LogP contribution in [0, 0.1) is 0 Å². The van der Waals surface area contributed by atoms with Gasteiger partial charge in [-0.2, -0.15) is 8.78 Å². The second kappa shape index (κ2) is 6.26. The molecule has 0 spiro atoms. The molecule has 1 aliphatic rings. The second-order valence-electron chi connectivity index (χ2n) is 5.72. The van der Waals surface area contributed by atoms with Gasteiger partial charge in [0.05, 0.1) is 6.54 Å². The first kappa shape index (κ1) is 16.3. The van der Waals surface area contributed by atoms with E-state index >= 15 is 0 Å². The number of rotatable bonds is 4. The predicted octanol–water partition coefficient (Wildman–Crippen LogP) is 2.00. The molecule has 0 amide bonds. The Morgan fingerprint density at radius 2 is 1.92 bits per heavy atom. The monoisotopic (exact) mass is 360 g/mol. The third-order valence-corrected chi connectivity index (χ3v) is 4.14. The van der Waals surface area contributed by atoms with E-state index in [1.165, 1.54) is 4.40 Å². The Labute approximate surface area is 145 Å². The molecule has 2 N–H and O–H groups in total. The van der Waals surface area contributed by atoms with Crippen LogP contribution in [0.5, 0.6) is 11.5 Å². The predicted molar refractivity (Wildman–Crippen MR) is 89.3 cm³/mol. The average molecular weight is 360 g/mol. The summed E-state index contributed by atoms with van der Waals surface area (Å²) in [5, 5.41) is 4.13. The van der Waals surface area contributed by atoms with E-state index in [-0.39, 0.29) is 25.5 Å². The van der Waals surface area contributed by atoms with Crippen LogP contribution in [-0.2, 0) is 6.54 Å². The van der Waals surface area contributed by atoms with Gasteiger partial charge in [0, 0.05) is 18.3 Å². The zero-order valence-corrected chi connectivity index (χ0v) is 13.5. The third kappa shape index (κ3) is 2.72. The van der Waals surface area contributed by atoms with Crippen LogP contribution in [0.15, 0.2) is 53.0 Å². The lowest BCUT2D eigenvalue weighted by molar-refractivity contribution is 0.174. The average Bonchev–Trinajstić information content (AvgIpc) is 3.23. The van der Waals surface area contributed by atoms with Crippen LogP contribution >= 0.6 is 0 Å². The van der Waals surface area contributed by atoms with Gasteiger partial charge < -0.3 is 15.2 Å². The zero-order chi connectivity index (χ0) is 18.3. The minimum absolute atomic E-state index is 0.180. The Kier molecular flexibility index (Phi) is 3.92. The number of hydrogen-bond donors (Lipinski definition) is 1. The fourth-order valence-corrected chi connectivity index (χ4v) is 2.76. The number of benzene rings is 1. The molecular weight excluding hydrogens is 346 g/mol. The van der Waals surface area contributed by atoms with E-state index < -0.39 is 11.8 Å². The number of nitrogens with zero attached hydrogens (tertiary/aromatic N) is 3. The van der Waals surface area contributed by atoms with Crippen molar-refractivity contribution in [3.8, 4) is 22.6 Å². The lowest BCUT2D eigenvalue weighted by atomic mass is 10.1. The normalized spacial score (nSPS) is 12.6. The molecule has 3 heterocycles. The van der Waals surface area contributed by atoms with E-state index in [4.69, 9.17) is 15.2 Å². The number of ether oxygens (including phenoxy) is 2. The van der Waals surface area contributed by atoms with Gasteiger partial charge in [-0.3, -0.25) is 4.40 Å². The van der Waals surface area contributed by atoms with Gasteiger partial charge in [-0.05, 0) is 35.4 Å².